The maximum Gasteiger partial charge on any atom is 0.326 e. The topological polar surface area (TPSA) is 95.9 Å². The van der Waals surface area contributed by atoms with Crippen LogP contribution in [0.1, 0.15) is 32.3 Å². The van der Waals surface area contributed by atoms with Gasteiger partial charge in [-0.3, -0.25) is 14.9 Å². The van der Waals surface area contributed by atoms with Crippen molar-refractivity contribution in [2.24, 2.45) is 0 Å². The predicted molar refractivity (Wildman–Crippen MR) is 115 cm³/mol. The van der Waals surface area contributed by atoms with Crippen LogP contribution in [0.3, 0.4) is 0 Å². The minimum absolute atomic E-state index is 0. The first-order valence-corrected chi connectivity index (χ1v) is 10.7. The van der Waals surface area contributed by atoms with Crippen LogP contribution in [0.25, 0.3) is 0 Å². The molecule has 0 radical (unpaired) electrons. The fourth-order valence-corrected chi connectivity index (χ4v) is 4.22. The van der Waals surface area contributed by atoms with Crippen LogP contribution in [-0.2, 0) is 24.9 Å². The number of hydrogen-bond donors (Lipinski definition) is 2. The van der Waals surface area contributed by atoms with Crippen LogP contribution >= 0.6 is 24.2 Å². The number of halogens is 1. The minimum atomic E-state index is -0.988. The average Bonchev–Trinajstić information content (AvgIpc) is 3.17. The van der Waals surface area contributed by atoms with E-state index in [9.17, 15) is 19.5 Å². The molecule has 2 rings (SSSR count). The van der Waals surface area contributed by atoms with Gasteiger partial charge in [0.05, 0.1) is 12.6 Å². The van der Waals surface area contributed by atoms with Gasteiger partial charge in [-0.15, -0.1) is 12.4 Å². The molecule has 0 aliphatic carbocycles. The number of thioether (sulfide) groups is 1. The van der Waals surface area contributed by atoms with Gasteiger partial charge >= 0.3 is 11.9 Å². The second-order valence-electron chi connectivity index (χ2n) is 6.72. The largest absolute Gasteiger partial charge is 0.480 e. The van der Waals surface area contributed by atoms with Crippen LogP contribution < -0.4 is 5.32 Å². The highest BCUT2D eigenvalue weighted by molar-refractivity contribution is 7.98. The number of hydrogen-bond acceptors (Lipinski definition) is 6. The molecule has 1 amide bonds. The Morgan fingerprint density at radius 2 is 2.00 bits per heavy atom. The smallest absolute Gasteiger partial charge is 0.326 e. The van der Waals surface area contributed by atoms with Crippen molar-refractivity contribution in [1.29, 1.82) is 0 Å². The summed E-state index contributed by atoms with van der Waals surface area (Å²) in [7, 11) is 0. The number of nitrogens with zero attached hydrogens (tertiary/aromatic N) is 1. The number of benzene rings is 1. The molecule has 1 aromatic rings. The summed E-state index contributed by atoms with van der Waals surface area (Å²) in [6, 6.07) is 7.82. The first-order chi connectivity index (χ1) is 13.4. The summed E-state index contributed by atoms with van der Waals surface area (Å²) < 4.78 is 5.14. The summed E-state index contributed by atoms with van der Waals surface area (Å²) in [5, 5.41) is 12.3. The summed E-state index contributed by atoms with van der Waals surface area (Å²) in [4.78, 5) is 37.8. The molecule has 1 heterocycles. The van der Waals surface area contributed by atoms with E-state index in [1.165, 1.54) is 4.90 Å². The van der Waals surface area contributed by atoms with E-state index in [1.54, 1.807) is 25.6 Å². The molecule has 1 saturated heterocycles. The molecule has 7 nitrogen and oxygen atoms in total. The summed E-state index contributed by atoms with van der Waals surface area (Å²) in [5.74, 6) is -0.494. The van der Waals surface area contributed by atoms with Crippen LogP contribution in [-0.4, -0.2) is 64.9 Å². The van der Waals surface area contributed by atoms with E-state index < -0.39 is 30.1 Å². The first kappa shape index (κ1) is 25.3. The van der Waals surface area contributed by atoms with E-state index in [-0.39, 0.29) is 24.9 Å². The Labute approximate surface area is 182 Å². The number of carbonyl (C=O) groups excluding carboxylic acids is 2. The summed E-state index contributed by atoms with van der Waals surface area (Å²) >= 11 is 1.58. The monoisotopic (exact) mass is 444 g/mol. The van der Waals surface area contributed by atoms with Gasteiger partial charge in [0.15, 0.2) is 0 Å². The lowest BCUT2D eigenvalue weighted by atomic mass is 10.2. The Morgan fingerprint density at radius 3 is 2.62 bits per heavy atom. The average molecular weight is 445 g/mol. The fourth-order valence-electron chi connectivity index (χ4n) is 3.20. The zero-order chi connectivity index (χ0) is 20.5. The standard InChI is InChI=1S/C20H28N2O5S.ClH/c1-3-27-20(26)16(13-28-12-15-8-5-4-6-9-15)21-14(2)18(23)22-11-7-10-17(22)19(24)25;/h4-6,8-9,14,16-17,21H,3,7,10-13H2,1-2H3,(H,24,25);1H/t14-,16-,17+;/m0./s1. The van der Waals surface area contributed by atoms with Gasteiger partial charge in [-0.25, -0.2) is 4.79 Å². The lowest BCUT2D eigenvalue weighted by Gasteiger charge is -2.27. The molecular weight excluding hydrogens is 416 g/mol. The van der Waals surface area contributed by atoms with E-state index in [4.69, 9.17) is 4.74 Å². The van der Waals surface area contributed by atoms with E-state index >= 15 is 0 Å². The number of nitrogens with one attached hydrogen (secondary N) is 1. The highest BCUT2D eigenvalue weighted by Gasteiger charge is 2.37. The molecule has 0 unspecified atom stereocenters. The Balaban J connectivity index is 0.00000420. The zero-order valence-corrected chi connectivity index (χ0v) is 18.3. The molecular formula is C20H29ClN2O5S. The second-order valence-corrected chi connectivity index (χ2v) is 7.75. The number of amides is 1. The number of carboxylic acids is 1. The van der Waals surface area contributed by atoms with Crippen molar-refractivity contribution < 1.29 is 24.2 Å². The van der Waals surface area contributed by atoms with Crippen LogP contribution in [0.15, 0.2) is 30.3 Å². The summed E-state index contributed by atoms with van der Waals surface area (Å²) in [6.45, 7) is 4.08. The van der Waals surface area contributed by atoms with Crippen LogP contribution in [0.4, 0.5) is 0 Å². The molecule has 2 N–H and O–H groups in total. The second kappa shape index (κ2) is 12.7. The van der Waals surface area contributed by atoms with Gasteiger partial charge < -0.3 is 14.7 Å². The quantitative estimate of drug-likeness (QED) is 0.534. The molecule has 0 bridgehead atoms. The molecule has 0 spiro atoms. The number of carbonyl (C=O) groups is 3. The molecule has 1 fully saturated rings. The van der Waals surface area contributed by atoms with Crippen molar-refractivity contribution in [3.05, 3.63) is 35.9 Å². The Kier molecular flexibility index (Phi) is 11.1. The molecule has 162 valence electrons. The van der Waals surface area contributed by atoms with E-state index in [0.29, 0.717) is 25.1 Å². The van der Waals surface area contributed by atoms with Gasteiger partial charge in [0.1, 0.15) is 12.1 Å². The fraction of sp³-hybridized carbons (Fsp3) is 0.550. The normalized spacial score (nSPS) is 17.9. The highest BCUT2D eigenvalue weighted by Crippen LogP contribution is 2.19. The third-order valence-corrected chi connectivity index (χ3v) is 5.72. The molecule has 0 saturated carbocycles. The van der Waals surface area contributed by atoms with Crippen molar-refractivity contribution in [3.63, 3.8) is 0 Å². The number of rotatable bonds is 10. The van der Waals surface area contributed by atoms with Crippen molar-refractivity contribution in [3.8, 4) is 0 Å². The molecule has 1 aliphatic heterocycles. The highest BCUT2D eigenvalue weighted by atomic mass is 35.5. The number of aliphatic carboxylic acids is 1. The van der Waals surface area contributed by atoms with Gasteiger partial charge in [0.25, 0.3) is 0 Å². The van der Waals surface area contributed by atoms with Crippen LogP contribution in [0.5, 0.6) is 0 Å². The predicted octanol–water partition coefficient (Wildman–Crippen LogP) is 2.33. The van der Waals surface area contributed by atoms with Gasteiger partial charge in [0, 0.05) is 18.1 Å². The van der Waals surface area contributed by atoms with Crippen LogP contribution in [0.2, 0.25) is 0 Å². The first-order valence-electron chi connectivity index (χ1n) is 9.51. The van der Waals surface area contributed by atoms with Gasteiger partial charge in [-0.05, 0) is 32.3 Å². The maximum atomic E-state index is 12.7. The van der Waals surface area contributed by atoms with E-state index in [0.717, 1.165) is 11.3 Å². The minimum Gasteiger partial charge on any atom is -0.480 e. The third kappa shape index (κ3) is 7.53. The van der Waals surface area contributed by atoms with Crippen molar-refractivity contribution >= 4 is 42.0 Å². The Hall–Kier alpha value is -1.77. The lowest BCUT2D eigenvalue weighted by Crippen LogP contribution is -2.54. The summed E-state index contributed by atoms with van der Waals surface area (Å²) in [6.07, 6.45) is 1.13. The van der Waals surface area contributed by atoms with E-state index in [2.05, 4.69) is 5.32 Å². The van der Waals surface area contributed by atoms with Crippen molar-refractivity contribution in [2.75, 3.05) is 18.9 Å². The number of esters is 1. The molecule has 3 atom stereocenters. The Morgan fingerprint density at radius 1 is 1.31 bits per heavy atom. The maximum absolute atomic E-state index is 12.7. The molecule has 29 heavy (non-hydrogen) atoms. The van der Waals surface area contributed by atoms with Gasteiger partial charge in [0.2, 0.25) is 5.91 Å². The molecule has 1 aliphatic rings. The van der Waals surface area contributed by atoms with Gasteiger partial charge in [-0.2, -0.15) is 11.8 Å². The Bertz CT molecular complexity index is 676. The number of carboxylic acid groups (broad SMARTS) is 1. The van der Waals surface area contributed by atoms with Crippen LogP contribution in [0, 0.1) is 0 Å². The number of ether oxygens (including phenoxy) is 1. The third-order valence-electron chi connectivity index (χ3n) is 4.61. The lowest BCUT2D eigenvalue weighted by molar-refractivity contribution is -0.150. The SMILES string of the molecule is CCOC(=O)[C@H](CSCc1ccccc1)N[C@@H](C)C(=O)N1CCC[C@@H]1C(=O)O.Cl. The molecule has 9 heteroatoms. The zero-order valence-electron chi connectivity index (χ0n) is 16.7. The van der Waals surface area contributed by atoms with Crippen molar-refractivity contribution in [1.82, 2.24) is 10.2 Å². The van der Waals surface area contributed by atoms with Gasteiger partial charge in [-0.1, -0.05) is 30.3 Å². The van der Waals surface area contributed by atoms with E-state index in [1.807, 2.05) is 30.3 Å². The number of likely N-dealkylation sites (tertiary alicyclic amines) is 1. The van der Waals surface area contributed by atoms with Crippen molar-refractivity contribution in [2.45, 2.75) is 50.6 Å². The summed E-state index contributed by atoms with van der Waals surface area (Å²) in [5.41, 5.74) is 1.15. The molecule has 1 aromatic carbocycles. The molecule has 0 aromatic heterocycles.